The van der Waals surface area contributed by atoms with Gasteiger partial charge >= 0.3 is 0 Å². The largest absolute Gasteiger partial charge is 0.343 e. The Kier molecular flexibility index (Phi) is 3.69. The zero-order valence-corrected chi connectivity index (χ0v) is 10.3. The Morgan fingerprint density at radius 1 is 1.55 bits per heavy atom. The molecule has 1 amide bonds. The number of non-ortho nitro benzene ring substituents is 1. The third kappa shape index (κ3) is 2.94. The lowest BCUT2D eigenvalue weighted by Crippen LogP contribution is -2.24. The molecule has 2 rings (SSSR count). The highest BCUT2D eigenvalue weighted by Gasteiger charge is 2.17. The van der Waals surface area contributed by atoms with E-state index in [2.05, 4.69) is 15.5 Å². The maximum atomic E-state index is 13.5. The van der Waals surface area contributed by atoms with Gasteiger partial charge in [-0.2, -0.15) is 4.98 Å². The summed E-state index contributed by atoms with van der Waals surface area (Å²) in [5.74, 6) is -1.10. The number of hydrogen-bond acceptors (Lipinski definition) is 6. The Labute approximate surface area is 111 Å². The highest BCUT2D eigenvalue weighted by molar-refractivity contribution is 5.95. The molecule has 0 saturated carbocycles. The van der Waals surface area contributed by atoms with Gasteiger partial charge in [0.2, 0.25) is 5.89 Å². The molecular weight excluding hydrogens is 271 g/mol. The number of nitrogens with zero attached hydrogens (tertiary/aromatic N) is 3. The molecule has 1 heterocycles. The van der Waals surface area contributed by atoms with Crippen molar-refractivity contribution in [3.63, 3.8) is 0 Å². The summed E-state index contributed by atoms with van der Waals surface area (Å²) in [5.41, 5.74) is -0.791. The molecule has 0 radical (unpaired) electrons. The standard InChI is InChI=1S/C11H9FN4O4/c1-6-14-10(20-15-6)5-13-11(17)8-4-7(16(18)19)2-3-9(8)12/h2-4H,5H2,1H3,(H,13,17). The Morgan fingerprint density at radius 2 is 2.30 bits per heavy atom. The number of nitro benzene ring substituents is 1. The molecule has 0 unspecified atom stereocenters. The number of aromatic nitrogens is 2. The third-order valence-electron chi connectivity index (χ3n) is 2.38. The zero-order valence-electron chi connectivity index (χ0n) is 10.3. The number of nitro groups is 1. The van der Waals surface area contributed by atoms with Crippen molar-refractivity contribution in [2.75, 3.05) is 0 Å². The number of halogens is 1. The fourth-order valence-corrected chi connectivity index (χ4v) is 1.46. The van der Waals surface area contributed by atoms with E-state index in [0.29, 0.717) is 5.82 Å². The maximum absolute atomic E-state index is 13.5. The van der Waals surface area contributed by atoms with E-state index in [0.717, 1.165) is 18.2 Å². The van der Waals surface area contributed by atoms with E-state index in [4.69, 9.17) is 4.52 Å². The minimum Gasteiger partial charge on any atom is -0.343 e. The quantitative estimate of drug-likeness (QED) is 0.668. The summed E-state index contributed by atoms with van der Waals surface area (Å²) >= 11 is 0. The first-order valence-corrected chi connectivity index (χ1v) is 5.48. The summed E-state index contributed by atoms with van der Waals surface area (Å²) in [5, 5.41) is 16.4. The van der Waals surface area contributed by atoms with Gasteiger partial charge in [-0.05, 0) is 13.0 Å². The zero-order chi connectivity index (χ0) is 14.7. The lowest BCUT2D eigenvalue weighted by Gasteiger charge is -2.03. The van der Waals surface area contributed by atoms with E-state index in [9.17, 15) is 19.3 Å². The number of benzene rings is 1. The van der Waals surface area contributed by atoms with Gasteiger partial charge in [-0.15, -0.1) is 0 Å². The second-order valence-corrected chi connectivity index (χ2v) is 3.84. The molecule has 0 saturated heterocycles. The van der Waals surface area contributed by atoms with Crippen molar-refractivity contribution < 1.29 is 18.6 Å². The summed E-state index contributed by atoms with van der Waals surface area (Å²) in [6, 6.07) is 2.71. The van der Waals surface area contributed by atoms with Crippen LogP contribution in [0.5, 0.6) is 0 Å². The Morgan fingerprint density at radius 3 is 2.90 bits per heavy atom. The summed E-state index contributed by atoms with van der Waals surface area (Å²) in [6.45, 7) is 1.51. The van der Waals surface area contributed by atoms with E-state index >= 15 is 0 Å². The number of hydrogen-bond donors (Lipinski definition) is 1. The second-order valence-electron chi connectivity index (χ2n) is 3.84. The molecule has 1 N–H and O–H groups in total. The van der Waals surface area contributed by atoms with Gasteiger partial charge in [0, 0.05) is 12.1 Å². The lowest BCUT2D eigenvalue weighted by molar-refractivity contribution is -0.384. The Hall–Kier alpha value is -2.84. The molecule has 0 spiro atoms. The van der Waals surface area contributed by atoms with Gasteiger partial charge in [0.1, 0.15) is 5.82 Å². The topological polar surface area (TPSA) is 111 Å². The van der Waals surface area contributed by atoms with Crippen LogP contribution >= 0.6 is 0 Å². The first-order valence-electron chi connectivity index (χ1n) is 5.48. The van der Waals surface area contributed by atoms with Crippen molar-refractivity contribution in [1.29, 1.82) is 0 Å². The number of aryl methyl sites for hydroxylation is 1. The van der Waals surface area contributed by atoms with E-state index in [1.807, 2.05) is 0 Å². The normalized spacial score (nSPS) is 10.3. The number of carbonyl (C=O) groups is 1. The smallest absolute Gasteiger partial charge is 0.270 e. The van der Waals surface area contributed by atoms with Gasteiger partial charge in [-0.1, -0.05) is 5.16 Å². The van der Waals surface area contributed by atoms with Crippen molar-refractivity contribution >= 4 is 11.6 Å². The molecule has 0 fully saturated rings. The van der Waals surface area contributed by atoms with Crippen LogP contribution < -0.4 is 5.32 Å². The van der Waals surface area contributed by atoms with Crippen LogP contribution in [0.3, 0.4) is 0 Å². The molecule has 0 atom stereocenters. The molecule has 0 bridgehead atoms. The molecular formula is C11H9FN4O4. The predicted octanol–water partition coefficient (Wildman–Crippen LogP) is 1.36. The number of rotatable bonds is 4. The van der Waals surface area contributed by atoms with Gasteiger partial charge in [0.05, 0.1) is 17.0 Å². The highest BCUT2D eigenvalue weighted by Crippen LogP contribution is 2.16. The number of amides is 1. The fourth-order valence-electron chi connectivity index (χ4n) is 1.46. The SMILES string of the molecule is Cc1noc(CNC(=O)c2cc([N+](=O)[O-])ccc2F)n1. The van der Waals surface area contributed by atoms with Crippen molar-refractivity contribution in [1.82, 2.24) is 15.5 Å². The molecule has 8 nitrogen and oxygen atoms in total. The monoisotopic (exact) mass is 280 g/mol. The van der Waals surface area contributed by atoms with Gasteiger partial charge in [0.25, 0.3) is 11.6 Å². The molecule has 1 aromatic heterocycles. The van der Waals surface area contributed by atoms with Crippen LogP contribution in [0.1, 0.15) is 22.1 Å². The van der Waals surface area contributed by atoms with Crippen LogP contribution in [0.25, 0.3) is 0 Å². The average Bonchev–Trinajstić information content (AvgIpc) is 2.82. The van der Waals surface area contributed by atoms with Crippen molar-refractivity contribution in [2.24, 2.45) is 0 Å². The number of nitrogens with one attached hydrogen (secondary N) is 1. The fraction of sp³-hybridized carbons (Fsp3) is 0.182. The van der Waals surface area contributed by atoms with E-state index in [1.165, 1.54) is 0 Å². The summed E-state index contributed by atoms with van der Waals surface area (Å²) in [7, 11) is 0. The maximum Gasteiger partial charge on any atom is 0.270 e. The molecule has 2 aromatic rings. The van der Waals surface area contributed by atoms with Crippen molar-refractivity contribution in [3.05, 3.63) is 51.4 Å². The average molecular weight is 280 g/mol. The lowest BCUT2D eigenvalue weighted by atomic mass is 10.1. The molecule has 104 valence electrons. The molecule has 1 aromatic carbocycles. The van der Waals surface area contributed by atoms with Gasteiger partial charge < -0.3 is 9.84 Å². The van der Waals surface area contributed by atoms with Crippen LogP contribution in [0.15, 0.2) is 22.7 Å². The van der Waals surface area contributed by atoms with Crippen LogP contribution in [0, 0.1) is 22.9 Å². The summed E-state index contributed by atoms with van der Waals surface area (Å²) in [4.78, 5) is 25.5. The Bertz CT molecular complexity index is 670. The van der Waals surface area contributed by atoms with Gasteiger partial charge in [-0.3, -0.25) is 14.9 Å². The van der Waals surface area contributed by atoms with E-state index in [1.54, 1.807) is 6.92 Å². The first-order chi connectivity index (χ1) is 9.47. The number of carbonyl (C=O) groups excluding carboxylic acids is 1. The third-order valence-corrected chi connectivity index (χ3v) is 2.38. The summed E-state index contributed by atoms with van der Waals surface area (Å²) in [6.07, 6.45) is 0. The molecule has 20 heavy (non-hydrogen) atoms. The summed E-state index contributed by atoms with van der Waals surface area (Å²) < 4.78 is 18.2. The molecule has 0 aliphatic rings. The second kappa shape index (κ2) is 5.43. The van der Waals surface area contributed by atoms with Crippen molar-refractivity contribution in [2.45, 2.75) is 13.5 Å². The highest BCUT2D eigenvalue weighted by atomic mass is 19.1. The minimum absolute atomic E-state index is 0.0954. The minimum atomic E-state index is -0.852. The van der Waals surface area contributed by atoms with Crippen LogP contribution in [0.4, 0.5) is 10.1 Å². The van der Waals surface area contributed by atoms with Crippen LogP contribution in [0.2, 0.25) is 0 Å². The van der Waals surface area contributed by atoms with Crippen LogP contribution in [-0.2, 0) is 6.54 Å². The van der Waals surface area contributed by atoms with Gasteiger partial charge in [0.15, 0.2) is 5.82 Å². The Balaban J connectivity index is 2.12. The first kappa shape index (κ1) is 13.6. The van der Waals surface area contributed by atoms with E-state index < -0.39 is 22.2 Å². The van der Waals surface area contributed by atoms with Crippen LogP contribution in [-0.4, -0.2) is 21.0 Å². The predicted molar refractivity (Wildman–Crippen MR) is 63.3 cm³/mol. The molecule has 9 heteroatoms. The van der Waals surface area contributed by atoms with Crippen molar-refractivity contribution in [3.8, 4) is 0 Å². The molecule has 0 aliphatic heterocycles. The van der Waals surface area contributed by atoms with E-state index in [-0.39, 0.29) is 18.1 Å². The van der Waals surface area contributed by atoms with Gasteiger partial charge in [-0.25, -0.2) is 4.39 Å². The molecule has 0 aliphatic carbocycles.